The SMILES string of the molecule is O=C(/C=C/c1ccc(Cl)cc1)CC(=O)Nc1ccc2c(c1)Sc1cc(NC(=O)CC(=O)/C=C/c3ccc(Cl)cc3)ccc1N2. The normalized spacial score (nSPS) is 11.9. The molecule has 4 aromatic carbocycles. The van der Waals surface area contributed by atoms with Crippen LogP contribution in [0.2, 0.25) is 10.0 Å². The molecule has 0 aliphatic carbocycles. The van der Waals surface area contributed by atoms with E-state index in [-0.39, 0.29) is 24.4 Å². The van der Waals surface area contributed by atoms with Crippen LogP contribution in [0, 0.1) is 0 Å². The molecule has 44 heavy (non-hydrogen) atoms. The van der Waals surface area contributed by atoms with E-state index in [1.807, 2.05) is 24.3 Å². The van der Waals surface area contributed by atoms with Crippen LogP contribution in [0.1, 0.15) is 24.0 Å². The third-order valence-electron chi connectivity index (χ3n) is 6.35. The number of nitrogens with one attached hydrogen (secondary N) is 3. The van der Waals surface area contributed by atoms with Crippen molar-refractivity contribution in [3.05, 3.63) is 118 Å². The third-order valence-corrected chi connectivity index (χ3v) is 7.97. The van der Waals surface area contributed by atoms with Gasteiger partial charge in [-0.25, -0.2) is 0 Å². The number of carbonyl (C=O) groups excluding carboxylic acids is 4. The first-order valence-corrected chi connectivity index (χ1v) is 15.0. The van der Waals surface area contributed by atoms with Gasteiger partial charge < -0.3 is 16.0 Å². The van der Waals surface area contributed by atoms with Crippen LogP contribution in [-0.2, 0) is 19.2 Å². The van der Waals surface area contributed by atoms with Gasteiger partial charge >= 0.3 is 0 Å². The van der Waals surface area contributed by atoms with Crippen molar-refractivity contribution in [1.29, 1.82) is 0 Å². The Kier molecular flexibility index (Phi) is 9.96. The van der Waals surface area contributed by atoms with Crippen molar-refractivity contribution in [1.82, 2.24) is 0 Å². The highest BCUT2D eigenvalue weighted by atomic mass is 35.5. The number of fused-ring (bicyclic) bond motifs is 2. The molecule has 4 aromatic rings. The lowest BCUT2D eigenvalue weighted by atomic mass is 10.1. The molecule has 0 unspecified atom stereocenters. The Balaban J connectivity index is 1.15. The molecule has 3 N–H and O–H groups in total. The number of hydrogen-bond donors (Lipinski definition) is 3. The molecule has 0 fully saturated rings. The zero-order valence-electron chi connectivity index (χ0n) is 23.1. The van der Waals surface area contributed by atoms with Gasteiger partial charge in [-0.2, -0.15) is 0 Å². The average Bonchev–Trinajstić information content (AvgIpc) is 2.99. The van der Waals surface area contributed by atoms with Crippen LogP contribution in [0.25, 0.3) is 12.2 Å². The van der Waals surface area contributed by atoms with Gasteiger partial charge in [0.15, 0.2) is 11.6 Å². The van der Waals surface area contributed by atoms with Crippen LogP contribution in [0.5, 0.6) is 0 Å². The summed E-state index contributed by atoms with van der Waals surface area (Å²) >= 11 is 13.2. The van der Waals surface area contributed by atoms with Gasteiger partial charge in [0, 0.05) is 31.2 Å². The summed E-state index contributed by atoms with van der Waals surface area (Å²) in [5, 5.41) is 10.1. The molecule has 0 aromatic heterocycles. The van der Waals surface area contributed by atoms with Crippen LogP contribution in [0.15, 0.2) is 107 Å². The van der Waals surface area contributed by atoms with Gasteiger partial charge in [-0.1, -0.05) is 71.4 Å². The molecular weight excluding hydrogens is 617 g/mol. The van der Waals surface area contributed by atoms with E-state index in [4.69, 9.17) is 23.2 Å². The van der Waals surface area contributed by atoms with Crippen molar-refractivity contribution in [2.75, 3.05) is 16.0 Å². The number of carbonyl (C=O) groups is 4. The molecule has 0 saturated heterocycles. The zero-order chi connectivity index (χ0) is 31.1. The Bertz CT molecular complexity index is 1670. The summed E-state index contributed by atoms with van der Waals surface area (Å²) in [6.45, 7) is 0. The van der Waals surface area contributed by atoms with E-state index in [1.54, 1.807) is 72.8 Å². The van der Waals surface area contributed by atoms with Gasteiger partial charge in [-0.3, -0.25) is 19.2 Å². The van der Waals surface area contributed by atoms with E-state index in [0.717, 1.165) is 32.3 Å². The van der Waals surface area contributed by atoms with Gasteiger partial charge in [0.05, 0.1) is 24.2 Å². The van der Waals surface area contributed by atoms with Crippen molar-refractivity contribution in [2.24, 2.45) is 0 Å². The minimum absolute atomic E-state index is 0.294. The maximum atomic E-state index is 12.5. The Morgan fingerprint density at radius 3 is 1.43 bits per heavy atom. The van der Waals surface area contributed by atoms with Gasteiger partial charge in [0.2, 0.25) is 11.8 Å². The maximum absolute atomic E-state index is 12.5. The van der Waals surface area contributed by atoms with Crippen LogP contribution < -0.4 is 16.0 Å². The minimum atomic E-state index is -0.424. The Hall–Kier alpha value is -4.63. The monoisotopic (exact) mass is 641 g/mol. The third kappa shape index (κ3) is 8.70. The first-order chi connectivity index (χ1) is 21.2. The van der Waals surface area contributed by atoms with Gasteiger partial charge in [-0.05, 0) is 83.9 Å². The minimum Gasteiger partial charge on any atom is -0.354 e. The Labute approximate surface area is 268 Å². The summed E-state index contributed by atoms with van der Waals surface area (Å²) in [6, 6.07) is 24.9. The largest absolute Gasteiger partial charge is 0.354 e. The second kappa shape index (κ2) is 14.2. The predicted octanol–water partition coefficient (Wildman–Crippen LogP) is 8.42. The fourth-order valence-electron chi connectivity index (χ4n) is 4.21. The number of rotatable bonds is 10. The van der Waals surface area contributed by atoms with E-state index in [9.17, 15) is 19.2 Å². The first-order valence-electron chi connectivity index (χ1n) is 13.5. The Morgan fingerprint density at radius 1 is 0.614 bits per heavy atom. The smallest absolute Gasteiger partial charge is 0.232 e. The second-order valence-electron chi connectivity index (χ2n) is 9.80. The quantitative estimate of drug-likeness (QED) is 0.104. The van der Waals surface area contributed by atoms with Gasteiger partial charge in [0.25, 0.3) is 0 Å². The average molecular weight is 643 g/mol. The molecule has 1 aliphatic rings. The Morgan fingerprint density at radius 2 is 1.02 bits per heavy atom. The number of hydrogen-bond acceptors (Lipinski definition) is 6. The lowest BCUT2D eigenvalue weighted by Crippen LogP contribution is -2.16. The topological polar surface area (TPSA) is 104 Å². The van der Waals surface area contributed by atoms with Crippen LogP contribution in [0.4, 0.5) is 22.7 Å². The molecule has 10 heteroatoms. The molecule has 2 amide bonds. The molecule has 0 radical (unpaired) electrons. The molecule has 1 heterocycles. The highest BCUT2D eigenvalue weighted by Gasteiger charge is 2.18. The van der Waals surface area contributed by atoms with Crippen molar-refractivity contribution in [2.45, 2.75) is 22.6 Å². The number of benzene rings is 4. The van der Waals surface area contributed by atoms with Gasteiger partial charge in [-0.15, -0.1) is 0 Å². The van der Waals surface area contributed by atoms with Crippen molar-refractivity contribution in [3.63, 3.8) is 0 Å². The molecular formula is C34H25Cl2N3O4S. The van der Waals surface area contributed by atoms with Crippen molar-refractivity contribution >= 4 is 93.2 Å². The summed E-state index contributed by atoms with van der Waals surface area (Å²) in [4.78, 5) is 51.3. The molecule has 0 spiro atoms. The highest BCUT2D eigenvalue weighted by Crippen LogP contribution is 2.46. The molecule has 0 atom stereocenters. The summed E-state index contributed by atoms with van der Waals surface area (Å²) in [5.41, 5.74) is 4.43. The molecule has 1 aliphatic heterocycles. The molecule has 220 valence electrons. The van der Waals surface area contributed by atoms with Crippen molar-refractivity contribution < 1.29 is 19.2 Å². The molecule has 0 saturated carbocycles. The molecule has 0 bridgehead atoms. The summed E-state index contributed by atoms with van der Waals surface area (Å²) in [7, 11) is 0. The standard InChI is InChI=1S/C34H25Cl2N3O4S/c35-23-7-1-21(2-8-23)5-13-27(40)19-33(42)37-25-11-15-29-31(17-25)44-32-18-26(12-16-30(32)39-29)38-34(43)20-28(41)14-6-22-3-9-24(36)10-4-22/h1-18,39H,19-20H2,(H,37,42)(H,38,43)/b13-5+,14-6+. The fraction of sp³-hybridized carbons (Fsp3) is 0.0588. The molecule has 5 rings (SSSR count). The second-order valence-corrected chi connectivity index (χ2v) is 11.8. The van der Waals surface area contributed by atoms with Crippen LogP contribution >= 0.6 is 35.0 Å². The number of anilines is 4. The van der Waals surface area contributed by atoms with E-state index in [2.05, 4.69) is 16.0 Å². The van der Waals surface area contributed by atoms with E-state index in [0.29, 0.717) is 21.4 Å². The summed E-state index contributed by atoms with van der Waals surface area (Å²) < 4.78 is 0. The fourth-order valence-corrected chi connectivity index (χ4v) is 5.53. The van der Waals surface area contributed by atoms with E-state index in [1.165, 1.54) is 23.9 Å². The van der Waals surface area contributed by atoms with E-state index >= 15 is 0 Å². The number of amides is 2. The summed E-state index contributed by atoms with van der Waals surface area (Å²) in [6.07, 6.45) is 5.43. The lowest BCUT2D eigenvalue weighted by molar-refractivity contribution is -0.124. The van der Waals surface area contributed by atoms with Gasteiger partial charge in [0.1, 0.15) is 0 Å². The highest BCUT2D eigenvalue weighted by molar-refractivity contribution is 7.99. The maximum Gasteiger partial charge on any atom is 0.232 e. The number of ketones is 2. The number of allylic oxidation sites excluding steroid dienone is 2. The van der Waals surface area contributed by atoms with Crippen LogP contribution in [0.3, 0.4) is 0 Å². The zero-order valence-corrected chi connectivity index (χ0v) is 25.4. The predicted molar refractivity (Wildman–Crippen MR) is 178 cm³/mol. The summed E-state index contributed by atoms with van der Waals surface area (Å²) in [5.74, 6) is -1.50. The lowest BCUT2D eigenvalue weighted by Gasteiger charge is -2.22. The van der Waals surface area contributed by atoms with Crippen molar-refractivity contribution in [3.8, 4) is 0 Å². The van der Waals surface area contributed by atoms with E-state index < -0.39 is 11.8 Å². The van der Waals surface area contributed by atoms with Crippen LogP contribution in [-0.4, -0.2) is 23.4 Å². The number of halogens is 2. The first kappa shape index (κ1) is 30.8. The molecule has 7 nitrogen and oxygen atoms in total.